The van der Waals surface area contributed by atoms with Crippen LogP contribution in [-0.2, 0) is 9.59 Å². The van der Waals surface area contributed by atoms with Gasteiger partial charge in [0.15, 0.2) is 5.12 Å². The first-order valence-electron chi connectivity index (χ1n) is 5.26. The molecule has 0 radical (unpaired) electrons. The summed E-state index contributed by atoms with van der Waals surface area (Å²) in [6, 6.07) is 1.56. The van der Waals surface area contributed by atoms with Crippen LogP contribution in [0.3, 0.4) is 0 Å². The van der Waals surface area contributed by atoms with Crippen molar-refractivity contribution >= 4 is 51.8 Å². The van der Waals surface area contributed by atoms with Crippen LogP contribution in [0.5, 0.6) is 0 Å². The fourth-order valence-corrected chi connectivity index (χ4v) is 2.93. The molecule has 0 bridgehead atoms. The van der Waals surface area contributed by atoms with E-state index in [1.165, 1.54) is 29.8 Å². The molecule has 96 valence electrons. The van der Waals surface area contributed by atoms with Crippen LogP contribution in [0, 0.1) is 0 Å². The number of aromatic nitrogens is 1. The molecule has 1 aromatic rings. The molecule has 0 saturated carbocycles. The van der Waals surface area contributed by atoms with E-state index in [-0.39, 0.29) is 16.3 Å². The van der Waals surface area contributed by atoms with E-state index >= 15 is 0 Å². The van der Waals surface area contributed by atoms with Crippen molar-refractivity contribution in [1.82, 2.24) is 4.98 Å². The van der Waals surface area contributed by atoms with Gasteiger partial charge in [-0.15, -0.1) is 0 Å². The minimum absolute atomic E-state index is 0.0109. The largest absolute Gasteiger partial charge is 0.296 e. The van der Waals surface area contributed by atoms with Gasteiger partial charge >= 0.3 is 0 Å². The molecule has 1 atom stereocenters. The predicted octanol–water partition coefficient (Wildman–Crippen LogP) is 2.77. The Morgan fingerprint density at radius 1 is 1.50 bits per heavy atom. The second-order valence-corrected chi connectivity index (χ2v) is 6.19. The summed E-state index contributed by atoms with van der Waals surface area (Å²) in [4.78, 5) is 28.5. The third kappa shape index (κ3) is 2.96. The first-order valence-corrected chi connectivity index (χ1v) is 6.89. The Morgan fingerprint density at radius 3 is 2.83 bits per heavy atom. The van der Waals surface area contributed by atoms with Gasteiger partial charge in [-0.3, -0.25) is 14.5 Å². The maximum atomic E-state index is 11.8. The van der Waals surface area contributed by atoms with E-state index in [1.807, 2.05) is 0 Å². The quantitative estimate of drug-likeness (QED) is 0.843. The fourth-order valence-electron chi connectivity index (χ4n) is 1.76. The van der Waals surface area contributed by atoms with Gasteiger partial charge in [0.05, 0.1) is 10.0 Å². The summed E-state index contributed by atoms with van der Waals surface area (Å²) in [5.41, 5.74) is 0. The van der Waals surface area contributed by atoms with Gasteiger partial charge in [-0.25, -0.2) is 4.98 Å². The van der Waals surface area contributed by atoms with Gasteiger partial charge in [0.2, 0.25) is 5.91 Å². The molecular weight excluding hydrogens is 295 g/mol. The second kappa shape index (κ2) is 5.47. The van der Waals surface area contributed by atoms with Gasteiger partial charge in [-0.1, -0.05) is 35.0 Å². The molecule has 1 fully saturated rings. The highest BCUT2D eigenvalue weighted by atomic mass is 35.5. The minimum Gasteiger partial charge on any atom is -0.296 e. The molecule has 7 heteroatoms. The summed E-state index contributed by atoms with van der Waals surface area (Å²) in [5.74, 6) is 0.417. The van der Waals surface area contributed by atoms with E-state index in [0.717, 1.165) is 0 Å². The number of hydrogen-bond acceptors (Lipinski definition) is 4. The first kappa shape index (κ1) is 13.6. The number of hydrogen-bond donors (Lipinski definition) is 0. The Morgan fingerprint density at radius 2 is 2.22 bits per heavy atom. The number of rotatable bonds is 2. The molecule has 4 nitrogen and oxygen atoms in total. The van der Waals surface area contributed by atoms with Crippen molar-refractivity contribution in [3.05, 3.63) is 22.3 Å². The van der Waals surface area contributed by atoms with Crippen molar-refractivity contribution in [2.75, 3.05) is 11.4 Å². The average molecular weight is 305 g/mol. The smallest absolute Gasteiger partial charge is 0.229 e. The molecule has 2 rings (SSSR count). The predicted molar refractivity (Wildman–Crippen MR) is 73.3 cm³/mol. The van der Waals surface area contributed by atoms with Crippen molar-refractivity contribution < 1.29 is 9.59 Å². The number of thioether (sulfide) groups is 1. The van der Waals surface area contributed by atoms with Crippen molar-refractivity contribution in [3.8, 4) is 0 Å². The monoisotopic (exact) mass is 304 g/mol. The number of amides is 1. The van der Waals surface area contributed by atoms with Crippen LogP contribution in [0.1, 0.15) is 13.3 Å². The van der Waals surface area contributed by atoms with Crippen LogP contribution in [0.15, 0.2) is 12.3 Å². The minimum atomic E-state index is -0.0559. The van der Waals surface area contributed by atoms with E-state index in [9.17, 15) is 9.59 Å². The van der Waals surface area contributed by atoms with Crippen LogP contribution in [0.2, 0.25) is 10.0 Å². The fraction of sp³-hybridized carbons (Fsp3) is 0.364. The zero-order valence-corrected chi connectivity index (χ0v) is 11.8. The number of anilines is 1. The van der Waals surface area contributed by atoms with Gasteiger partial charge in [0.25, 0.3) is 0 Å². The van der Waals surface area contributed by atoms with E-state index in [4.69, 9.17) is 23.2 Å². The zero-order valence-electron chi connectivity index (χ0n) is 9.52. The Labute approximate surface area is 119 Å². The average Bonchev–Trinajstić information content (AvgIpc) is 2.62. The van der Waals surface area contributed by atoms with E-state index < -0.39 is 0 Å². The van der Waals surface area contributed by atoms with E-state index in [1.54, 1.807) is 6.07 Å². The molecule has 1 aliphatic heterocycles. The van der Waals surface area contributed by atoms with Gasteiger partial charge < -0.3 is 0 Å². The maximum absolute atomic E-state index is 11.8. The summed E-state index contributed by atoms with van der Waals surface area (Å²) >= 11 is 12.8. The Balaban J connectivity index is 2.16. The number of carbonyl (C=O) groups excluding carboxylic acids is 2. The third-order valence-corrected chi connectivity index (χ3v) is 4.18. The molecule has 0 spiro atoms. The van der Waals surface area contributed by atoms with E-state index in [2.05, 4.69) is 4.98 Å². The van der Waals surface area contributed by atoms with Gasteiger partial charge in [0, 0.05) is 37.4 Å². The van der Waals surface area contributed by atoms with Crippen molar-refractivity contribution in [2.24, 2.45) is 0 Å². The summed E-state index contributed by atoms with van der Waals surface area (Å²) in [5, 5.41) is 0.696. The van der Waals surface area contributed by atoms with Gasteiger partial charge in [-0.05, 0) is 0 Å². The second-order valence-electron chi connectivity index (χ2n) is 3.90. The topological polar surface area (TPSA) is 50.3 Å². The molecule has 0 N–H and O–H groups in total. The summed E-state index contributed by atoms with van der Waals surface area (Å²) < 4.78 is 0. The number of nitrogens with zero attached hydrogens (tertiary/aromatic N) is 2. The molecule has 0 aliphatic carbocycles. The molecule has 1 aromatic heterocycles. The molecule has 1 amide bonds. The Kier molecular flexibility index (Phi) is 4.14. The zero-order chi connectivity index (χ0) is 13.3. The first-order chi connectivity index (χ1) is 8.47. The van der Waals surface area contributed by atoms with Crippen LogP contribution in [0.25, 0.3) is 0 Å². The van der Waals surface area contributed by atoms with Gasteiger partial charge in [0.1, 0.15) is 5.82 Å². The van der Waals surface area contributed by atoms with Crippen LogP contribution >= 0.6 is 35.0 Å². The lowest BCUT2D eigenvalue weighted by Crippen LogP contribution is -2.25. The molecule has 0 aromatic carbocycles. The van der Waals surface area contributed by atoms with Crippen molar-refractivity contribution in [1.29, 1.82) is 0 Å². The number of pyridine rings is 1. The maximum Gasteiger partial charge on any atom is 0.229 e. The number of halogens is 2. The molecule has 1 saturated heterocycles. The molecule has 2 heterocycles. The van der Waals surface area contributed by atoms with Crippen molar-refractivity contribution in [2.45, 2.75) is 18.6 Å². The third-order valence-electron chi connectivity index (χ3n) is 2.49. The molecular formula is C11H10Cl2N2O2S. The molecule has 1 aliphatic rings. The lowest BCUT2D eigenvalue weighted by Gasteiger charge is -2.15. The Bertz CT molecular complexity index is 510. The van der Waals surface area contributed by atoms with Crippen LogP contribution in [0.4, 0.5) is 5.82 Å². The standard InChI is InChI=1S/C11H10Cl2N2O2S/c1-6(16)18-7-2-11(17)15(5-7)10-3-8(12)9(13)4-14-10/h3-4,7H,2,5H2,1H3. The lowest BCUT2D eigenvalue weighted by molar-refractivity contribution is -0.117. The van der Waals surface area contributed by atoms with Crippen molar-refractivity contribution in [3.63, 3.8) is 0 Å². The number of carbonyl (C=O) groups is 2. The SMILES string of the molecule is CC(=O)SC1CC(=O)N(c2cc(Cl)c(Cl)cn2)C1. The highest BCUT2D eigenvalue weighted by molar-refractivity contribution is 8.14. The molecule has 1 unspecified atom stereocenters. The Hall–Kier alpha value is -0.780. The normalized spacial score (nSPS) is 19.4. The lowest BCUT2D eigenvalue weighted by atomic mass is 10.4. The van der Waals surface area contributed by atoms with Gasteiger partial charge in [-0.2, -0.15) is 0 Å². The van der Waals surface area contributed by atoms with Crippen LogP contribution in [-0.4, -0.2) is 27.8 Å². The van der Waals surface area contributed by atoms with E-state index in [0.29, 0.717) is 28.8 Å². The summed E-state index contributed by atoms with van der Waals surface area (Å²) in [7, 11) is 0. The highest BCUT2D eigenvalue weighted by Crippen LogP contribution is 2.30. The molecule has 18 heavy (non-hydrogen) atoms. The highest BCUT2D eigenvalue weighted by Gasteiger charge is 2.32. The summed E-state index contributed by atoms with van der Waals surface area (Å²) in [6.45, 7) is 1.96. The summed E-state index contributed by atoms with van der Waals surface area (Å²) in [6.07, 6.45) is 1.75. The van der Waals surface area contributed by atoms with Crippen LogP contribution < -0.4 is 4.90 Å².